The van der Waals surface area contributed by atoms with Crippen LogP contribution in [-0.4, -0.2) is 53.8 Å². The third-order valence-electron chi connectivity index (χ3n) is 5.76. The molecule has 2 atom stereocenters. The molecule has 1 saturated heterocycles. The fourth-order valence-corrected chi connectivity index (χ4v) is 4.06. The van der Waals surface area contributed by atoms with Gasteiger partial charge in [-0.05, 0) is 39.2 Å². The van der Waals surface area contributed by atoms with E-state index in [-0.39, 0.29) is 18.1 Å². The van der Waals surface area contributed by atoms with Crippen LogP contribution in [0.3, 0.4) is 0 Å². The molecule has 1 N–H and O–H groups in total. The summed E-state index contributed by atoms with van der Waals surface area (Å²) in [6.45, 7) is 0.787. The van der Waals surface area contributed by atoms with Crippen LogP contribution in [0.2, 0.25) is 0 Å². The van der Waals surface area contributed by atoms with Crippen LogP contribution >= 0.6 is 0 Å². The van der Waals surface area contributed by atoms with E-state index in [2.05, 4.69) is 20.4 Å². The zero-order valence-electron chi connectivity index (χ0n) is 14.5. The van der Waals surface area contributed by atoms with Gasteiger partial charge in [0.25, 0.3) is 0 Å². The number of carbonyl (C=O) groups is 1. The second-order valence-electron chi connectivity index (χ2n) is 7.56. The van der Waals surface area contributed by atoms with E-state index in [1.807, 2.05) is 7.05 Å². The predicted molar refractivity (Wildman–Crippen MR) is 86.4 cm³/mol. The Balaban J connectivity index is 1.51. The highest BCUT2D eigenvalue weighted by Crippen LogP contribution is 2.42. The molecule has 7 nitrogen and oxygen atoms in total. The van der Waals surface area contributed by atoms with Crippen molar-refractivity contribution in [3.8, 4) is 0 Å². The number of amides is 1. The van der Waals surface area contributed by atoms with Crippen molar-refractivity contribution in [1.29, 1.82) is 0 Å². The number of hydrogen-bond acceptors (Lipinski definition) is 6. The molecule has 1 amide bonds. The van der Waals surface area contributed by atoms with Crippen LogP contribution in [0.5, 0.6) is 0 Å². The van der Waals surface area contributed by atoms with E-state index in [1.54, 1.807) is 7.11 Å². The van der Waals surface area contributed by atoms with E-state index >= 15 is 0 Å². The maximum atomic E-state index is 12.9. The Morgan fingerprint density at radius 3 is 2.75 bits per heavy atom. The molecule has 1 aromatic rings. The predicted octanol–water partition coefficient (Wildman–Crippen LogP) is 1.55. The van der Waals surface area contributed by atoms with E-state index < -0.39 is 5.54 Å². The van der Waals surface area contributed by atoms with Gasteiger partial charge in [0.2, 0.25) is 11.8 Å². The van der Waals surface area contributed by atoms with Crippen LogP contribution in [0.4, 0.5) is 0 Å². The number of nitrogens with one attached hydrogen (secondary N) is 1. The number of ether oxygens (including phenoxy) is 1. The molecule has 0 bridgehead atoms. The van der Waals surface area contributed by atoms with Gasteiger partial charge in [-0.15, -0.1) is 0 Å². The Morgan fingerprint density at radius 1 is 1.38 bits per heavy atom. The summed E-state index contributed by atoms with van der Waals surface area (Å²) in [4.78, 5) is 19.6. The topological polar surface area (TPSA) is 80.5 Å². The van der Waals surface area contributed by atoms with E-state index in [4.69, 9.17) is 9.26 Å². The molecule has 3 fully saturated rings. The maximum Gasteiger partial charge on any atom is 0.238 e. The lowest BCUT2D eigenvalue weighted by Gasteiger charge is -2.29. The Kier molecular flexibility index (Phi) is 4.08. The number of rotatable bonds is 5. The first-order valence-corrected chi connectivity index (χ1v) is 9.00. The number of hydrogen-bond donors (Lipinski definition) is 1. The Bertz CT molecular complexity index is 607. The van der Waals surface area contributed by atoms with Crippen molar-refractivity contribution in [2.24, 2.45) is 0 Å². The molecule has 2 saturated carbocycles. The van der Waals surface area contributed by atoms with Gasteiger partial charge in [-0.1, -0.05) is 18.0 Å². The lowest BCUT2D eigenvalue weighted by Crippen LogP contribution is -2.51. The van der Waals surface area contributed by atoms with Crippen LogP contribution in [0.25, 0.3) is 0 Å². The third kappa shape index (κ3) is 2.84. The van der Waals surface area contributed by atoms with E-state index in [1.165, 1.54) is 0 Å². The molecule has 1 aliphatic heterocycles. The SMILES string of the molecule is CO[C@H]1C[C@@H](C(=O)NC2(c3noc(C4CC4)n3)CCCC2)N(C)C1. The van der Waals surface area contributed by atoms with Gasteiger partial charge in [0.1, 0.15) is 5.54 Å². The molecule has 4 rings (SSSR count). The largest absolute Gasteiger partial charge is 0.380 e. The second kappa shape index (κ2) is 6.11. The first kappa shape index (κ1) is 16.0. The number of likely N-dealkylation sites (N-methyl/N-ethyl adjacent to an activating group) is 1. The zero-order chi connectivity index (χ0) is 16.7. The molecule has 1 aromatic heterocycles. The molecule has 7 heteroatoms. The van der Waals surface area contributed by atoms with Crippen molar-refractivity contribution < 1.29 is 14.1 Å². The average molecular weight is 334 g/mol. The van der Waals surface area contributed by atoms with E-state index in [9.17, 15) is 4.79 Å². The summed E-state index contributed by atoms with van der Waals surface area (Å²) < 4.78 is 10.9. The van der Waals surface area contributed by atoms with Gasteiger partial charge in [-0.3, -0.25) is 9.69 Å². The van der Waals surface area contributed by atoms with Gasteiger partial charge in [-0.25, -0.2) is 0 Å². The Labute approximate surface area is 142 Å². The lowest BCUT2D eigenvalue weighted by molar-refractivity contribution is -0.127. The highest BCUT2D eigenvalue weighted by atomic mass is 16.5. The van der Waals surface area contributed by atoms with Crippen molar-refractivity contribution in [1.82, 2.24) is 20.4 Å². The second-order valence-corrected chi connectivity index (χ2v) is 7.56. The third-order valence-corrected chi connectivity index (χ3v) is 5.76. The monoisotopic (exact) mass is 334 g/mol. The first-order valence-electron chi connectivity index (χ1n) is 9.00. The number of carbonyl (C=O) groups excluding carboxylic acids is 1. The highest BCUT2D eigenvalue weighted by Gasteiger charge is 2.45. The fraction of sp³-hybridized carbons (Fsp3) is 0.824. The zero-order valence-corrected chi connectivity index (χ0v) is 14.5. The molecule has 132 valence electrons. The summed E-state index contributed by atoms with van der Waals surface area (Å²) in [6.07, 6.45) is 7.03. The van der Waals surface area contributed by atoms with Crippen LogP contribution in [-0.2, 0) is 15.1 Å². The quantitative estimate of drug-likeness (QED) is 0.880. The number of aromatic nitrogens is 2. The van der Waals surface area contributed by atoms with Gasteiger partial charge in [0, 0.05) is 19.6 Å². The lowest BCUT2D eigenvalue weighted by atomic mass is 9.95. The molecular formula is C17H26N4O3. The molecule has 0 aromatic carbocycles. The van der Waals surface area contributed by atoms with Crippen molar-refractivity contribution in [3.63, 3.8) is 0 Å². The van der Waals surface area contributed by atoms with Crippen LogP contribution in [0, 0.1) is 0 Å². The van der Waals surface area contributed by atoms with Crippen LogP contribution in [0.1, 0.15) is 62.6 Å². The van der Waals surface area contributed by atoms with Gasteiger partial charge in [-0.2, -0.15) is 4.98 Å². The molecule has 0 spiro atoms. The molecule has 2 aliphatic carbocycles. The molecule has 2 heterocycles. The highest BCUT2D eigenvalue weighted by molar-refractivity contribution is 5.83. The van der Waals surface area contributed by atoms with Crippen molar-refractivity contribution in [3.05, 3.63) is 11.7 Å². The van der Waals surface area contributed by atoms with Crippen molar-refractivity contribution in [2.75, 3.05) is 20.7 Å². The Hall–Kier alpha value is -1.47. The van der Waals surface area contributed by atoms with Gasteiger partial charge in [0.05, 0.1) is 12.1 Å². The minimum absolute atomic E-state index is 0.0525. The number of likely N-dealkylation sites (tertiary alicyclic amines) is 1. The molecular weight excluding hydrogens is 308 g/mol. The van der Waals surface area contributed by atoms with Crippen molar-refractivity contribution >= 4 is 5.91 Å². The average Bonchev–Trinajstić information content (AvgIpc) is 3.00. The van der Waals surface area contributed by atoms with Crippen LogP contribution in [0.15, 0.2) is 4.52 Å². The summed E-state index contributed by atoms with van der Waals surface area (Å²) in [5.41, 5.74) is -0.459. The number of methoxy groups -OCH3 is 1. The summed E-state index contributed by atoms with van der Waals surface area (Å²) in [7, 11) is 3.68. The summed E-state index contributed by atoms with van der Waals surface area (Å²) in [5, 5.41) is 7.50. The van der Waals surface area contributed by atoms with Gasteiger partial charge in [0.15, 0.2) is 5.82 Å². The minimum atomic E-state index is -0.459. The first-order chi connectivity index (χ1) is 11.6. The number of nitrogens with zero attached hydrogens (tertiary/aromatic N) is 3. The molecule has 0 radical (unpaired) electrons. The minimum Gasteiger partial charge on any atom is -0.380 e. The maximum absolute atomic E-state index is 12.9. The fourth-order valence-electron chi connectivity index (χ4n) is 4.06. The smallest absolute Gasteiger partial charge is 0.238 e. The Morgan fingerprint density at radius 2 is 2.12 bits per heavy atom. The summed E-state index contributed by atoms with van der Waals surface area (Å²) in [5.74, 6) is 1.89. The molecule has 0 unspecified atom stereocenters. The van der Waals surface area contributed by atoms with E-state index in [0.29, 0.717) is 11.7 Å². The van der Waals surface area contributed by atoms with Crippen LogP contribution < -0.4 is 5.32 Å². The van der Waals surface area contributed by atoms with Crippen molar-refractivity contribution in [2.45, 2.75) is 68.5 Å². The molecule has 24 heavy (non-hydrogen) atoms. The summed E-state index contributed by atoms with van der Waals surface area (Å²) >= 11 is 0. The molecule has 3 aliphatic rings. The van der Waals surface area contributed by atoms with Gasteiger partial charge < -0.3 is 14.6 Å². The van der Waals surface area contributed by atoms with Gasteiger partial charge >= 0.3 is 0 Å². The standard InChI is InChI=1S/C17H26N4O3/c1-21-10-12(23-2)9-13(21)14(22)19-17(7-3-4-8-17)16-18-15(24-20-16)11-5-6-11/h11-13H,3-10H2,1-2H3,(H,19,22)/t12-,13-/m0/s1. The summed E-state index contributed by atoms with van der Waals surface area (Å²) in [6, 6.07) is -0.151. The normalized spacial score (nSPS) is 29.9. The van der Waals surface area contributed by atoms with E-state index in [0.717, 1.165) is 57.4 Å².